The molecule has 3 aromatic rings. The molecule has 8 heteroatoms. The zero-order valence-electron chi connectivity index (χ0n) is 25.1. The summed E-state index contributed by atoms with van der Waals surface area (Å²) in [6.45, 7) is 0.449. The number of ether oxygens (including phenoxy) is 1. The summed E-state index contributed by atoms with van der Waals surface area (Å²) in [7, 11) is 0. The van der Waals surface area contributed by atoms with Crippen molar-refractivity contribution in [2.24, 2.45) is 11.8 Å². The number of thioether (sulfide) groups is 1. The van der Waals surface area contributed by atoms with Crippen LogP contribution in [0.2, 0.25) is 0 Å². The van der Waals surface area contributed by atoms with E-state index in [9.17, 15) is 19.5 Å². The third-order valence-corrected chi connectivity index (χ3v) is 8.78. The number of hydrogen-bond acceptors (Lipinski definition) is 6. The normalized spacial score (nSPS) is 19.2. The smallest absolute Gasteiger partial charge is 0.309 e. The first-order valence-corrected chi connectivity index (χ1v) is 16.4. The number of amides is 2. The SMILES string of the molecule is O=C1NC(CSCc2ccccc2)COC(=O)C(Cc2ccccc2)CC=CCC1CC(=O)N(CCO)Cc1ccccc1. The third kappa shape index (κ3) is 11.0. The van der Waals surface area contributed by atoms with Gasteiger partial charge in [-0.3, -0.25) is 14.4 Å². The van der Waals surface area contributed by atoms with Crippen molar-refractivity contribution in [3.63, 3.8) is 0 Å². The number of aliphatic hydroxyl groups is 1. The fourth-order valence-corrected chi connectivity index (χ4v) is 6.18. The maximum atomic E-state index is 13.6. The summed E-state index contributed by atoms with van der Waals surface area (Å²) in [6.07, 6.45) is 5.24. The number of carbonyl (C=O) groups is 3. The van der Waals surface area contributed by atoms with Crippen LogP contribution in [0.15, 0.2) is 103 Å². The molecule has 0 fully saturated rings. The van der Waals surface area contributed by atoms with Crippen LogP contribution in [0.3, 0.4) is 0 Å². The quantitative estimate of drug-likeness (QED) is 0.216. The molecule has 1 aliphatic heterocycles. The highest BCUT2D eigenvalue weighted by molar-refractivity contribution is 7.98. The van der Waals surface area contributed by atoms with Crippen molar-refractivity contribution in [3.05, 3.63) is 120 Å². The van der Waals surface area contributed by atoms with E-state index in [1.807, 2.05) is 91.0 Å². The van der Waals surface area contributed by atoms with E-state index < -0.39 is 12.0 Å². The minimum Gasteiger partial charge on any atom is -0.463 e. The third-order valence-electron chi connectivity index (χ3n) is 7.60. The zero-order chi connectivity index (χ0) is 31.0. The van der Waals surface area contributed by atoms with Crippen LogP contribution in [0.25, 0.3) is 0 Å². The number of nitrogens with one attached hydrogen (secondary N) is 1. The van der Waals surface area contributed by atoms with Gasteiger partial charge in [-0.2, -0.15) is 11.8 Å². The van der Waals surface area contributed by atoms with E-state index in [0.717, 1.165) is 16.9 Å². The first kappa shape index (κ1) is 33.0. The van der Waals surface area contributed by atoms with Crippen molar-refractivity contribution in [3.8, 4) is 0 Å². The number of cyclic esters (lactones) is 1. The molecular weight excluding hydrogens is 572 g/mol. The summed E-state index contributed by atoms with van der Waals surface area (Å²) in [5.41, 5.74) is 3.19. The molecule has 2 N–H and O–H groups in total. The first-order chi connectivity index (χ1) is 21.5. The molecule has 1 aliphatic rings. The molecule has 0 saturated heterocycles. The highest BCUT2D eigenvalue weighted by Crippen LogP contribution is 2.21. The minimum atomic E-state index is -0.597. The summed E-state index contributed by atoms with van der Waals surface area (Å²) in [6, 6.07) is 29.2. The molecule has 0 aliphatic carbocycles. The Morgan fingerprint density at radius 3 is 2.07 bits per heavy atom. The summed E-state index contributed by atoms with van der Waals surface area (Å²) in [5.74, 6) is -0.344. The van der Waals surface area contributed by atoms with E-state index >= 15 is 0 Å². The minimum absolute atomic E-state index is 0.0140. The van der Waals surface area contributed by atoms with Gasteiger partial charge in [0.1, 0.15) is 6.61 Å². The number of benzene rings is 3. The van der Waals surface area contributed by atoms with E-state index in [4.69, 9.17) is 4.74 Å². The van der Waals surface area contributed by atoms with E-state index in [0.29, 0.717) is 31.6 Å². The van der Waals surface area contributed by atoms with Crippen molar-refractivity contribution in [2.45, 2.75) is 44.0 Å². The number of carbonyl (C=O) groups excluding carboxylic acids is 3. The molecule has 3 atom stereocenters. The fourth-order valence-electron chi connectivity index (χ4n) is 5.17. The van der Waals surface area contributed by atoms with Gasteiger partial charge in [-0.05, 0) is 36.0 Å². The van der Waals surface area contributed by atoms with Crippen LogP contribution in [0.1, 0.15) is 36.0 Å². The lowest BCUT2D eigenvalue weighted by atomic mass is 9.94. The molecule has 0 radical (unpaired) electrons. The molecule has 4 rings (SSSR count). The average molecular weight is 615 g/mol. The molecule has 1 heterocycles. The van der Waals surface area contributed by atoms with E-state index in [2.05, 4.69) is 17.4 Å². The number of esters is 1. The standard InChI is InChI=1S/C36H42N2O5S/c39-21-20-38(24-29-14-6-2-7-15-29)34(40)23-31-18-10-11-19-32(22-28-12-4-1-5-13-28)36(42)43-25-33(37-35(31)41)27-44-26-30-16-8-3-9-17-30/h1-17,31-33,39H,18-27H2,(H,37,41). The summed E-state index contributed by atoms with van der Waals surface area (Å²) in [4.78, 5) is 41.9. The van der Waals surface area contributed by atoms with Gasteiger partial charge < -0.3 is 20.1 Å². The van der Waals surface area contributed by atoms with Gasteiger partial charge in [-0.1, -0.05) is 103 Å². The monoisotopic (exact) mass is 614 g/mol. The lowest BCUT2D eigenvalue weighted by molar-refractivity contribution is -0.149. The Hall–Kier alpha value is -3.88. The predicted molar refractivity (Wildman–Crippen MR) is 175 cm³/mol. The molecule has 3 aromatic carbocycles. The summed E-state index contributed by atoms with van der Waals surface area (Å²) >= 11 is 1.66. The van der Waals surface area contributed by atoms with Crippen LogP contribution in [0.5, 0.6) is 0 Å². The highest BCUT2D eigenvalue weighted by atomic mass is 32.2. The van der Waals surface area contributed by atoms with Crippen molar-refractivity contribution in [1.29, 1.82) is 0 Å². The van der Waals surface area contributed by atoms with Crippen LogP contribution in [0.4, 0.5) is 0 Å². The van der Waals surface area contributed by atoms with Crippen LogP contribution >= 0.6 is 11.8 Å². The Morgan fingerprint density at radius 2 is 1.43 bits per heavy atom. The Labute approximate surface area is 264 Å². The van der Waals surface area contributed by atoms with Gasteiger partial charge in [0.2, 0.25) is 11.8 Å². The van der Waals surface area contributed by atoms with Gasteiger partial charge in [0.25, 0.3) is 0 Å². The number of allylic oxidation sites excluding steroid dienone is 2. The van der Waals surface area contributed by atoms with Gasteiger partial charge in [0.15, 0.2) is 0 Å². The lowest BCUT2D eigenvalue weighted by Gasteiger charge is -2.26. The van der Waals surface area contributed by atoms with Crippen LogP contribution in [-0.4, -0.2) is 59.3 Å². The van der Waals surface area contributed by atoms with Crippen LogP contribution < -0.4 is 5.32 Å². The number of rotatable bonds is 12. The van der Waals surface area contributed by atoms with E-state index in [1.54, 1.807) is 16.7 Å². The Balaban J connectivity index is 1.49. The predicted octanol–water partition coefficient (Wildman–Crippen LogP) is 5.18. The van der Waals surface area contributed by atoms with Crippen molar-refractivity contribution < 1.29 is 24.2 Å². The topological polar surface area (TPSA) is 95.9 Å². The maximum Gasteiger partial charge on any atom is 0.309 e. The molecule has 0 saturated carbocycles. The summed E-state index contributed by atoms with van der Waals surface area (Å²) < 4.78 is 5.81. The number of aliphatic hydroxyl groups excluding tert-OH is 1. The fraction of sp³-hybridized carbons (Fsp3) is 0.361. The van der Waals surface area contributed by atoms with E-state index in [-0.39, 0.29) is 49.9 Å². The number of nitrogens with zero attached hydrogens (tertiary/aromatic N) is 1. The summed E-state index contributed by atoms with van der Waals surface area (Å²) in [5, 5.41) is 12.7. The van der Waals surface area contributed by atoms with Gasteiger partial charge in [0.05, 0.1) is 24.5 Å². The second-order valence-electron chi connectivity index (χ2n) is 11.1. The Morgan fingerprint density at radius 1 is 0.841 bits per heavy atom. The molecule has 0 bridgehead atoms. The molecule has 232 valence electrons. The first-order valence-electron chi connectivity index (χ1n) is 15.2. The molecule has 3 unspecified atom stereocenters. The zero-order valence-corrected chi connectivity index (χ0v) is 25.9. The molecule has 7 nitrogen and oxygen atoms in total. The second kappa shape index (κ2) is 18.0. The lowest BCUT2D eigenvalue weighted by Crippen LogP contribution is -2.45. The van der Waals surface area contributed by atoms with Crippen molar-refractivity contribution in [2.75, 3.05) is 25.5 Å². The molecular formula is C36H42N2O5S. The molecule has 2 amide bonds. The van der Waals surface area contributed by atoms with Gasteiger partial charge in [-0.15, -0.1) is 0 Å². The van der Waals surface area contributed by atoms with Crippen molar-refractivity contribution >= 4 is 29.5 Å². The second-order valence-corrected chi connectivity index (χ2v) is 12.1. The largest absolute Gasteiger partial charge is 0.463 e. The van der Waals surface area contributed by atoms with Crippen LogP contribution in [0, 0.1) is 11.8 Å². The van der Waals surface area contributed by atoms with Crippen LogP contribution in [-0.2, 0) is 37.8 Å². The average Bonchev–Trinajstić information content (AvgIpc) is 3.04. The Kier molecular flexibility index (Phi) is 13.5. The van der Waals surface area contributed by atoms with Crippen molar-refractivity contribution in [1.82, 2.24) is 10.2 Å². The van der Waals surface area contributed by atoms with E-state index in [1.165, 1.54) is 5.56 Å². The van der Waals surface area contributed by atoms with Gasteiger partial charge in [0, 0.05) is 31.0 Å². The maximum absolute atomic E-state index is 13.6. The molecule has 44 heavy (non-hydrogen) atoms. The van der Waals surface area contributed by atoms with Gasteiger partial charge in [-0.25, -0.2) is 0 Å². The number of hydrogen-bond donors (Lipinski definition) is 2. The Bertz CT molecular complexity index is 1340. The molecule has 0 aromatic heterocycles. The highest BCUT2D eigenvalue weighted by Gasteiger charge is 2.28. The van der Waals surface area contributed by atoms with Gasteiger partial charge >= 0.3 is 5.97 Å². The molecule has 0 spiro atoms.